The number of hydrogen-bond acceptors (Lipinski definition) is 4. The van der Waals surface area contributed by atoms with E-state index < -0.39 is 0 Å². The molecule has 3 rings (SSSR count). The van der Waals surface area contributed by atoms with E-state index in [0.717, 1.165) is 6.42 Å². The van der Waals surface area contributed by atoms with Crippen LogP contribution in [0.5, 0.6) is 0 Å². The molecule has 0 radical (unpaired) electrons. The van der Waals surface area contributed by atoms with Crippen molar-refractivity contribution in [2.24, 2.45) is 5.92 Å². The zero-order chi connectivity index (χ0) is 11.2. The van der Waals surface area contributed by atoms with E-state index in [1.165, 1.54) is 12.8 Å². The van der Waals surface area contributed by atoms with Crippen molar-refractivity contribution in [1.82, 2.24) is 16.0 Å². The molecule has 88 valence electrons. The number of nitrogens with zero attached hydrogens (tertiary/aromatic N) is 1. The first-order chi connectivity index (χ1) is 7.71. The number of allylic oxidation sites excluding steroid dienone is 1. The molecule has 5 heteroatoms. The number of fused-ring (bicyclic) bond motifs is 2. The van der Waals surface area contributed by atoms with E-state index >= 15 is 0 Å². The summed E-state index contributed by atoms with van der Waals surface area (Å²) in [4.78, 5) is 11.8. The van der Waals surface area contributed by atoms with Gasteiger partial charge in [0.1, 0.15) is 0 Å². The highest BCUT2D eigenvalue weighted by Crippen LogP contribution is 2.47. The van der Waals surface area contributed by atoms with Crippen LogP contribution in [0.4, 0.5) is 0 Å². The molecule has 0 aromatic rings. The number of carbonyl (C=O) groups excluding carboxylic acids is 1. The molecule has 0 bridgehead atoms. The van der Waals surface area contributed by atoms with Crippen LogP contribution >= 0.6 is 11.8 Å². The molecule has 2 unspecified atom stereocenters. The Bertz CT molecular complexity index is 346. The summed E-state index contributed by atoms with van der Waals surface area (Å²) in [6.45, 7) is 0. The molecule has 2 fully saturated rings. The van der Waals surface area contributed by atoms with Crippen molar-refractivity contribution in [2.75, 3.05) is 7.05 Å². The lowest BCUT2D eigenvalue weighted by Gasteiger charge is -2.49. The summed E-state index contributed by atoms with van der Waals surface area (Å²) in [6, 6.07) is 0. The second-order valence-electron chi connectivity index (χ2n) is 4.96. The minimum Gasteiger partial charge on any atom is -0.273 e. The lowest BCUT2D eigenvalue weighted by molar-refractivity contribution is -0.142. The quantitative estimate of drug-likeness (QED) is 0.662. The third-order valence-electron chi connectivity index (χ3n) is 3.96. The molecule has 1 saturated heterocycles. The number of carbonyl (C=O) groups is 1. The second kappa shape index (κ2) is 3.75. The van der Waals surface area contributed by atoms with Gasteiger partial charge in [-0.1, -0.05) is 12.5 Å². The van der Waals surface area contributed by atoms with Crippen LogP contribution < -0.4 is 11.0 Å². The molecule has 3 atom stereocenters. The Morgan fingerprint density at radius 1 is 1.62 bits per heavy atom. The highest BCUT2D eigenvalue weighted by molar-refractivity contribution is 8.03. The van der Waals surface area contributed by atoms with Gasteiger partial charge in [0.2, 0.25) is 5.91 Å². The largest absolute Gasteiger partial charge is 0.273 e. The molecule has 1 spiro atoms. The normalized spacial score (nSPS) is 42.8. The van der Waals surface area contributed by atoms with Gasteiger partial charge >= 0.3 is 0 Å². The summed E-state index contributed by atoms with van der Waals surface area (Å²) in [5.74, 6) is 0.830. The Morgan fingerprint density at radius 3 is 3.31 bits per heavy atom. The van der Waals surface area contributed by atoms with Gasteiger partial charge in [-0.25, -0.2) is 5.43 Å². The second-order valence-corrected chi connectivity index (χ2v) is 6.02. The molecule has 4 nitrogen and oxygen atoms in total. The van der Waals surface area contributed by atoms with E-state index in [9.17, 15) is 4.79 Å². The molecular formula is C11H17N3OS. The first kappa shape index (κ1) is 10.6. The number of rotatable bonds is 0. The summed E-state index contributed by atoms with van der Waals surface area (Å²) >= 11 is 1.88. The predicted octanol–water partition coefficient (Wildman–Crippen LogP) is 1.03. The number of hydrogen-bond donors (Lipinski definition) is 2. The lowest BCUT2D eigenvalue weighted by atomic mass is 9.73. The zero-order valence-corrected chi connectivity index (χ0v) is 10.2. The van der Waals surface area contributed by atoms with Crippen molar-refractivity contribution in [2.45, 2.75) is 36.5 Å². The maximum atomic E-state index is 11.8. The van der Waals surface area contributed by atoms with Gasteiger partial charge in [-0.15, -0.1) is 11.8 Å². The molecule has 0 aromatic heterocycles. The van der Waals surface area contributed by atoms with Gasteiger partial charge in [-0.05, 0) is 24.2 Å². The number of thioether (sulfide) groups is 1. The summed E-state index contributed by atoms with van der Waals surface area (Å²) in [5, 5.41) is 4.26. The lowest BCUT2D eigenvalue weighted by Crippen LogP contribution is -2.70. The van der Waals surface area contributed by atoms with Gasteiger partial charge in [0.15, 0.2) is 0 Å². The fraction of sp³-hybridized carbons (Fsp3) is 0.727. The van der Waals surface area contributed by atoms with Crippen molar-refractivity contribution in [3.05, 3.63) is 11.5 Å². The van der Waals surface area contributed by atoms with Crippen LogP contribution in [0.25, 0.3) is 0 Å². The fourth-order valence-corrected chi connectivity index (χ4v) is 4.44. The van der Waals surface area contributed by atoms with Crippen LogP contribution in [-0.4, -0.2) is 28.8 Å². The standard InChI is InChI=1S/C11H17N3OS/c1-14-9(15)7-11(12-13-14)5-2-3-8-4-6-16-10(8)11/h4,6,8,10,12-13H,2-3,5,7H2,1H3/t8?,10?,11-/m1/s1. The molecule has 1 amide bonds. The SMILES string of the molecule is CN1NN[C@]2(CCCC3C=CSC32)CC1=O. The minimum atomic E-state index is -0.0410. The summed E-state index contributed by atoms with van der Waals surface area (Å²) in [7, 11) is 1.77. The minimum absolute atomic E-state index is 0.0410. The summed E-state index contributed by atoms with van der Waals surface area (Å²) < 4.78 is 0. The van der Waals surface area contributed by atoms with Gasteiger partial charge in [0.05, 0.1) is 5.54 Å². The average molecular weight is 239 g/mol. The van der Waals surface area contributed by atoms with Gasteiger partial charge in [0.25, 0.3) is 0 Å². The molecular weight excluding hydrogens is 222 g/mol. The number of amides is 1. The summed E-state index contributed by atoms with van der Waals surface area (Å²) in [6.07, 6.45) is 6.49. The van der Waals surface area contributed by atoms with Gasteiger partial charge in [0, 0.05) is 18.7 Å². The Hall–Kier alpha value is -0.520. The third kappa shape index (κ3) is 1.49. The van der Waals surface area contributed by atoms with E-state index in [-0.39, 0.29) is 11.4 Å². The van der Waals surface area contributed by atoms with Crippen LogP contribution in [-0.2, 0) is 4.79 Å². The molecule has 1 aliphatic carbocycles. The Morgan fingerprint density at radius 2 is 2.50 bits per heavy atom. The fourth-order valence-electron chi connectivity index (χ4n) is 3.03. The van der Waals surface area contributed by atoms with Gasteiger partial charge in [-0.3, -0.25) is 9.80 Å². The van der Waals surface area contributed by atoms with Crippen LogP contribution in [0.1, 0.15) is 25.7 Å². The van der Waals surface area contributed by atoms with E-state index in [0.29, 0.717) is 17.6 Å². The van der Waals surface area contributed by atoms with E-state index in [2.05, 4.69) is 22.4 Å². The zero-order valence-electron chi connectivity index (χ0n) is 9.40. The Labute approximate surface area is 99.8 Å². The number of hydrazine groups is 2. The molecule has 3 aliphatic rings. The Balaban J connectivity index is 1.84. The van der Waals surface area contributed by atoms with Crippen molar-refractivity contribution in [3.63, 3.8) is 0 Å². The molecule has 16 heavy (non-hydrogen) atoms. The van der Waals surface area contributed by atoms with Gasteiger partial charge in [-0.2, -0.15) is 5.53 Å². The predicted molar refractivity (Wildman–Crippen MR) is 64.2 cm³/mol. The topological polar surface area (TPSA) is 44.4 Å². The van der Waals surface area contributed by atoms with Crippen LogP contribution in [0, 0.1) is 5.92 Å². The van der Waals surface area contributed by atoms with Crippen molar-refractivity contribution in [1.29, 1.82) is 0 Å². The van der Waals surface area contributed by atoms with E-state index in [1.54, 1.807) is 12.1 Å². The maximum Gasteiger partial charge on any atom is 0.239 e. The summed E-state index contributed by atoms with van der Waals surface area (Å²) in [5.41, 5.74) is 6.34. The van der Waals surface area contributed by atoms with Crippen molar-refractivity contribution < 1.29 is 4.79 Å². The van der Waals surface area contributed by atoms with Crippen LogP contribution in [0.2, 0.25) is 0 Å². The maximum absolute atomic E-state index is 11.8. The van der Waals surface area contributed by atoms with Crippen LogP contribution in [0.15, 0.2) is 11.5 Å². The molecule has 2 N–H and O–H groups in total. The molecule has 0 aromatic carbocycles. The smallest absolute Gasteiger partial charge is 0.239 e. The highest BCUT2D eigenvalue weighted by Gasteiger charge is 2.50. The Kier molecular flexibility index (Phi) is 2.49. The van der Waals surface area contributed by atoms with E-state index in [1.807, 2.05) is 11.8 Å². The van der Waals surface area contributed by atoms with Crippen LogP contribution in [0.3, 0.4) is 0 Å². The molecule has 2 aliphatic heterocycles. The average Bonchev–Trinajstić information content (AvgIpc) is 2.74. The molecule has 1 saturated carbocycles. The number of nitrogens with one attached hydrogen (secondary N) is 2. The first-order valence-electron chi connectivity index (χ1n) is 5.83. The van der Waals surface area contributed by atoms with Crippen molar-refractivity contribution >= 4 is 17.7 Å². The highest BCUT2D eigenvalue weighted by atomic mass is 32.2. The van der Waals surface area contributed by atoms with E-state index in [4.69, 9.17) is 0 Å². The van der Waals surface area contributed by atoms with Gasteiger partial charge < -0.3 is 0 Å². The monoisotopic (exact) mass is 239 g/mol. The van der Waals surface area contributed by atoms with Crippen molar-refractivity contribution in [3.8, 4) is 0 Å². The third-order valence-corrected chi connectivity index (χ3v) is 5.37. The molecule has 2 heterocycles. The first-order valence-corrected chi connectivity index (χ1v) is 6.77.